The maximum absolute atomic E-state index is 12.6. The molecule has 4 aromatic carbocycles. The standard InChI is InChI=1S/C26H18O6/c27-23-19(13-7-15-21(23)25(29)31-17-9-3-1-4-10-17)20-14-8-16-22(24(20)28)26(30)32-18-11-5-2-6-12-18/h1-16,27-28H. The molecule has 0 bridgehead atoms. The van der Waals surface area contributed by atoms with Gasteiger partial charge in [0.15, 0.2) is 0 Å². The maximum atomic E-state index is 12.6. The van der Waals surface area contributed by atoms with Crippen LogP contribution in [0.25, 0.3) is 11.1 Å². The molecule has 0 amide bonds. The van der Waals surface area contributed by atoms with E-state index in [2.05, 4.69) is 0 Å². The van der Waals surface area contributed by atoms with Crippen LogP contribution >= 0.6 is 0 Å². The van der Waals surface area contributed by atoms with E-state index in [1.54, 1.807) is 72.8 Å². The molecule has 0 saturated carbocycles. The first-order valence-corrected chi connectivity index (χ1v) is 9.73. The molecule has 4 aromatic rings. The number of hydrogen-bond donors (Lipinski definition) is 2. The number of hydrogen-bond acceptors (Lipinski definition) is 6. The molecule has 0 aliphatic rings. The molecule has 0 atom stereocenters. The average molecular weight is 426 g/mol. The highest BCUT2D eigenvalue weighted by Crippen LogP contribution is 2.39. The average Bonchev–Trinajstić information content (AvgIpc) is 2.81. The van der Waals surface area contributed by atoms with Crippen molar-refractivity contribution in [2.75, 3.05) is 0 Å². The van der Waals surface area contributed by atoms with E-state index in [0.29, 0.717) is 11.5 Å². The van der Waals surface area contributed by atoms with Gasteiger partial charge in [-0.15, -0.1) is 0 Å². The highest BCUT2D eigenvalue weighted by molar-refractivity contribution is 6.00. The molecule has 2 N–H and O–H groups in total. The van der Waals surface area contributed by atoms with Gasteiger partial charge in [0, 0.05) is 11.1 Å². The fourth-order valence-corrected chi connectivity index (χ4v) is 3.15. The van der Waals surface area contributed by atoms with Crippen molar-refractivity contribution in [1.29, 1.82) is 0 Å². The first-order valence-electron chi connectivity index (χ1n) is 9.73. The fourth-order valence-electron chi connectivity index (χ4n) is 3.15. The van der Waals surface area contributed by atoms with Gasteiger partial charge in [0.2, 0.25) is 0 Å². The van der Waals surface area contributed by atoms with Crippen LogP contribution in [0.5, 0.6) is 23.0 Å². The maximum Gasteiger partial charge on any atom is 0.347 e. The summed E-state index contributed by atoms with van der Waals surface area (Å²) in [6.07, 6.45) is 0. The van der Waals surface area contributed by atoms with E-state index in [0.717, 1.165) is 0 Å². The second-order valence-corrected chi connectivity index (χ2v) is 6.81. The molecular formula is C26H18O6. The van der Waals surface area contributed by atoms with Gasteiger partial charge in [-0.2, -0.15) is 0 Å². The van der Waals surface area contributed by atoms with Gasteiger partial charge in [0.1, 0.15) is 34.1 Å². The topological polar surface area (TPSA) is 93.1 Å². The lowest BCUT2D eigenvalue weighted by Gasteiger charge is -2.13. The quantitative estimate of drug-likeness (QED) is 0.336. The molecule has 0 saturated heterocycles. The monoisotopic (exact) mass is 426 g/mol. The van der Waals surface area contributed by atoms with Gasteiger partial charge < -0.3 is 19.7 Å². The number of phenols is 2. The van der Waals surface area contributed by atoms with E-state index in [1.165, 1.54) is 24.3 Å². The summed E-state index contributed by atoms with van der Waals surface area (Å²) in [7, 11) is 0. The molecule has 0 aliphatic carbocycles. The van der Waals surface area contributed by atoms with Crippen LogP contribution in [0.2, 0.25) is 0 Å². The van der Waals surface area contributed by atoms with E-state index >= 15 is 0 Å². The van der Waals surface area contributed by atoms with Crippen LogP contribution < -0.4 is 9.47 Å². The highest BCUT2D eigenvalue weighted by Gasteiger charge is 2.22. The van der Waals surface area contributed by atoms with Gasteiger partial charge in [-0.05, 0) is 36.4 Å². The molecule has 0 radical (unpaired) electrons. The summed E-state index contributed by atoms with van der Waals surface area (Å²) in [5.41, 5.74) is 0.171. The molecule has 6 heteroatoms. The molecule has 0 fully saturated rings. The molecule has 4 rings (SSSR count). The lowest BCUT2D eigenvalue weighted by atomic mass is 9.98. The Labute approximate surface area is 183 Å². The molecule has 0 aliphatic heterocycles. The van der Waals surface area contributed by atoms with E-state index < -0.39 is 11.9 Å². The SMILES string of the molecule is O=C(Oc1ccccc1)c1cccc(-c2cccc(C(=O)Oc3ccccc3)c2O)c1O. The van der Waals surface area contributed by atoms with E-state index in [-0.39, 0.29) is 33.8 Å². The number of ether oxygens (including phenoxy) is 2. The van der Waals surface area contributed by atoms with Crippen molar-refractivity contribution >= 4 is 11.9 Å². The zero-order chi connectivity index (χ0) is 22.5. The summed E-state index contributed by atoms with van der Waals surface area (Å²) in [5, 5.41) is 21.5. The lowest BCUT2D eigenvalue weighted by Crippen LogP contribution is -2.10. The first-order chi connectivity index (χ1) is 15.5. The predicted molar refractivity (Wildman–Crippen MR) is 118 cm³/mol. The number of rotatable bonds is 5. The second-order valence-electron chi connectivity index (χ2n) is 6.81. The van der Waals surface area contributed by atoms with Crippen LogP contribution in [0.4, 0.5) is 0 Å². The van der Waals surface area contributed by atoms with Crippen LogP contribution in [0, 0.1) is 0 Å². The number of carbonyl (C=O) groups excluding carboxylic acids is 2. The molecule has 32 heavy (non-hydrogen) atoms. The molecule has 0 heterocycles. The number of benzene rings is 4. The smallest absolute Gasteiger partial charge is 0.347 e. The van der Waals surface area contributed by atoms with Gasteiger partial charge in [-0.1, -0.05) is 60.7 Å². The van der Waals surface area contributed by atoms with Crippen molar-refractivity contribution in [3.8, 4) is 34.1 Å². The summed E-state index contributed by atoms with van der Waals surface area (Å²) in [6.45, 7) is 0. The Morgan fingerprint density at radius 2 is 0.875 bits per heavy atom. The number of carbonyl (C=O) groups is 2. The van der Waals surface area contributed by atoms with Gasteiger partial charge in [0.25, 0.3) is 0 Å². The van der Waals surface area contributed by atoms with E-state index in [4.69, 9.17) is 9.47 Å². The van der Waals surface area contributed by atoms with Crippen molar-refractivity contribution in [1.82, 2.24) is 0 Å². The van der Waals surface area contributed by atoms with Gasteiger partial charge in [0.05, 0.1) is 0 Å². The molecule has 0 unspecified atom stereocenters. The van der Waals surface area contributed by atoms with Gasteiger partial charge >= 0.3 is 11.9 Å². The molecular weight excluding hydrogens is 408 g/mol. The predicted octanol–water partition coefficient (Wildman–Crippen LogP) is 5.20. The van der Waals surface area contributed by atoms with Crippen LogP contribution in [0.3, 0.4) is 0 Å². The van der Waals surface area contributed by atoms with Gasteiger partial charge in [-0.3, -0.25) is 0 Å². The number of esters is 2. The first kappa shape index (κ1) is 20.7. The minimum Gasteiger partial charge on any atom is -0.506 e. The Balaban J connectivity index is 1.65. The molecule has 0 spiro atoms. The number of para-hydroxylation sites is 4. The molecule has 0 aromatic heterocycles. The fraction of sp³-hybridized carbons (Fsp3) is 0. The summed E-state index contributed by atoms with van der Waals surface area (Å²) in [4.78, 5) is 25.1. The Morgan fingerprint density at radius 1 is 0.500 bits per heavy atom. The zero-order valence-electron chi connectivity index (χ0n) is 16.8. The van der Waals surface area contributed by atoms with E-state index in [9.17, 15) is 19.8 Å². The minimum atomic E-state index is -0.755. The summed E-state index contributed by atoms with van der Waals surface area (Å²) >= 11 is 0. The van der Waals surface area contributed by atoms with Crippen LogP contribution in [-0.4, -0.2) is 22.2 Å². The Morgan fingerprint density at radius 3 is 1.25 bits per heavy atom. The summed E-state index contributed by atoms with van der Waals surface area (Å²) < 4.78 is 10.6. The van der Waals surface area contributed by atoms with Crippen LogP contribution in [0.1, 0.15) is 20.7 Å². The summed E-state index contributed by atoms with van der Waals surface area (Å²) in [5.74, 6) is -1.61. The van der Waals surface area contributed by atoms with Crippen molar-refractivity contribution in [2.24, 2.45) is 0 Å². The molecule has 158 valence electrons. The van der Waals surface area contributed by atoms with Crippen molar-refractivity contribution in [3.05, 3.63) is 108 Å². The largest absolute Gasteiger partial charge is 0.506 e. The summed E-state index contributed by atoms with van der Waals surface area (Å²) in [6, 6.07) is 25.9. The van der Waals surface area contributed by atoms with Crippen molar-refractivity contribution in [2.45, 2.75) is 0 Å². The third-order valence-electron chi connectivity index (χ3n) is 4.71. The lowest BCUT2D eigenvalue weighted by molar-refractivity contribution is 0.0721. The zero-order valence-corrected chi connectivity index (χ0v) is 16.8. The van der Waals surface area contributed by atoms with E-state index in [1.807, 2.05) is 0 Å². The number of phenolic OH excluding ortho intramolecular Hbond substituents is 2. The van der Waals surface area contributed by atoms with Crippen LogP contribution in [-0.2, 0) is 0 Å². The van der Waals surface area contributed by atoms with Crippen LogP contribution in [0.15, 0.2) is 97.1 Å². The second kappa shape index (κ2) is 9.06. The Kier molecular flexibility index (Phi) is 5.85. The highest BCUT2D eigenvalue weighted by atomic mass is 16.5. The van der Waals surface area contributed by atoms with Crippen molar-refractivity contribution in [3.63, 3.8) is 0 Å². The Bertz CT molecular complexity index is 1170. The van der Waals surface area contributed by atoms with Gasteiger partial charge in [-0.25, -0.2) is 9.59 Å². The normalized spacial score (nSPS) is 10.4. The van der Waals surface area contributed by atoms with Crippen molar-refractivity contribution < 1.29 is 29.3 Å². The minimum absolute atomic E-state index is 0.0805. The molecule has 6 nitrogen and oxygen atoms in total. The Hall–Kier alpha value is -4.58. The third kappa shape index (κ3) is 4.29. The number of aromatic hydroxyl groups is 2. The third-order valence-corrected chi connectivity index (χ3v) is 4.71.